The molecule has 2 heterocycles. The van der Waals surface area contributed by atoms with Crippen LogP contribution in [0.15, 0.2) is 11.2 Å². The van der Waals surface area contributed by atoms with Crippen molar-refractivity contribution in [3.8, 4) is 0 Å². The Balaban J connectivity index is 2.18. The summed E-state index contributed by atoms with van der Waals surface area (Å²) in [5, 5.41) is -0.681. The van der Waals surface area contributed by atoms with Gasteiger partial charge in [-0.05, 0) is 31.7 Å². The fourth-order valence-electron chi connectivity index (χ4n) is 4.64. The lowest BCUT2D eigenvalue weighted by atomic mass is 9.74. The van der Waals surface area contributed by atoms with Crippen molar-refractivity contribution in [2.45, 2.75) is 67.9 Å². The number of nitrogens with zero attached hydrogens (tertiary/aromatic N) is 3. The Morgan fingerprint density at radius 2 is 1.87 bits per heavy atom. The van der Waals surface area contributed by atoms with E-state index in [1.54, 1.807) is 0 Å². The third-order valence-electron chi connectivity index (χ3n) is 6.08. The fraction of sp³-hybridized carbons (Fsp3) is 0.722. The van der Waals surface area contributed by atoms with Crippen LogP contribution in [0.2, 0.25) is 5.15 Å². The number of nitrogens with two attached hydrogens (primary N) is 1. The average Bonchev–Trinajstić information content (AvgIpc) is 2.66. The minimum absolute atomic E-state index is 0.0468. The summed E-state index contributed by atoms with van der Waals surface area (Å²) in [5.74, 6) is -1.38. The van der Waals surface area contributed by atoms with E-state index >= 15 is 0 Å². The number of primary amides is 1. The fourth-order valence-corrected chi connectivity index (χ4v) is 5.41. The van der Waals surface area contributed by atoms with Gasteiger partial charge in [-0.2, -0.15) is 13.2 Å². The summed E-state index contributed by atoms with van der Waals surface area (Å²) in [6.07, 6.45) is -1.05. The number of alkyl halides is 3. The molecule has 30 heavy (non-hydrogen) atoms. The molecule has 168 valence electrons. The number of carbonyl (C=O) groups excluding carboxylic acids is 1. The van der Waals surface area contributed by atoms with Crippen LogP contribution >= 0.6 is 11.6 Å². The van der Waals surface area contributed by atoms with E-state index in [4.69, 9.17) is 17.3 Å². The van der Waals surface area contributed by atoms with Gasteiger partial charge in [0.1, 0.15) is 11.2 Å². The molecule has 0 aromatic carbocycles. The van der Waals surface area contributed by atoms with Crippen LogP contribution in [-0.4, -0.2) is 54.2 Å². The van der Waals surface area contributed by atoms with Crippen molar-refractivity contribution in [3.63, 3.8) is 0 Å². The molecule has 12 heteroatoms. The van der Waals surface area contributed by atoms with Gasteiger partial charge in [0.2, 0.25) is 20.9 Å². The van der Waals surface area contributed by atoms with Gasteiger partial charge in [-0.3, -0.25) is 9.69 Å². The summed E-state index contributed by atoms with van der Waals surface area (Å²) < 4.78 is 66.0. The van der Waals surface area contributed by atoms with Crippen LogP contribution in [-0.2, 0) is 20.2 Å². The van der Waals surface area contributed by atoms with Crippen LogP contribution in [0.3, 0.4) is 0 Å². The third-order valence-corrected chi connectivity index (χ3v) is 7.11. The molecule has 2 atom stereocenters. The maximum Gasteiger partial charge on any atom is 0.404 e. The second-order valence-electron chi connectivity index (χ2n) is 8.11. The van der Waals surface area contributed by atoms with Crippen molar-refractivity contribution in [2.75, 3.05) is 12.8 Å². The molecule has 1 amide bonds. The summed E-state index contributed by atoms with van der Waals surface area (Å²) in [6.45, 7) is -0.171. The first-order valence-corrected chi connectivity index (χ1v) is 12.0. The number of likely N-dealkylation sites (tertiary alicyclic amines) is 1. The van der Waals surface area contributed by atoms with Crippen LogP contribution in [0, 0.1) is 5.92 Å². The van der Waals surface area contributed by atoms with Gasteiger partial charge in [0.25, 0.3) is 0 Å². The highest BCUT2D eigenvalue weighted by Crippen LogP contribution is 2.48. The maximum absolute atomic E-state index is 14.0. The van der Waals surface area contributed by atoms with Gasteiger partial charge >= 0.3 is 6.18 Å². The van der Waals surface area contributed by atoms with Gasteiger partial charge in [0, 0.05) is 12.8 Å². The number of rotatable bonds is 4. The molecule has 1 aliphatic heterocycles. The Morgan fingerprint density at radius 3 is 2.40 bits per heavy atom. The largest absolute Gasteiger partial charge is 0.404 e. The minimum atomic E-state index is -4.52. The zero-order valence-electron chi connectivity index (χ0n) is 16.5. The molecule has 2 unspecified atom stereocenters. The summed E-state index contributed by atoms with van der Waals surface area (Å²) in [4.78, 5) is 21.0. The molecule has 1 aliphatic carbocycles. The lowest BCUT2D eigenvalue weighted by molar-refractivity contribution is -0.217. The summed E-state index contributed by atoms with van der Waals surface area (Å²) in [6, 6.07) is -0.454. The van der Waals surface area contributed by atoms with Crippen LogP contribution in [0.1, 0.15) is 50.6 Å². The average molecular weight is 469 g/mol. The number of hydrogen-bond acceptors (Lipinski definition) is 6. The standard InChI is InChI=1S/C18H24ClF3N4O3S/c1-30(28,29)16-24-12(9-14(19)25-16)17(7-3-2-4-8-17)26-10-11(15(23)27)5-6-13(26)18(20,21)22/h9,11,13H,2-8,10H2,1H3,(H2,23,27). The molecule has 1 saturated heterocycles. The van der Waals surface area contributed by atoms with E-state index in [1.165, 1.54) is 11.0 Å². The highest BCUT2D eigenvalue weighted by atomic mass is 35.5. The van der Waals surface area contributed by atoms with Gasteiger partial charge in [-0.15, -0.1) is 0 Å². The van der Waals surface area contributed by atoms with Crippen molar-refractivity contribution < 1.29 is 26.4 Å². The zero-order chi connectivity index (χ0) is 22.3. The van der Waals surface area contributed by atoms with E-state index in [1.807, 2.05) is 0 Å². The first kappa shape index (κ1) is 23.2. The summed E-state index contributed by atoms with van der Waals surface area (Å²) in [7, 11) is -3.83. The Morgan fingerprint density at radius 1 is 1.23 bits per heavy atom. The molecule has 3 rings (SSSR count). The molecule has 1 saturated carbocycles. The van der Waals surface area contributed by atoms with Crippen molar-refractivity contribution >= 4 is 27.3 Å². The highest BCUT2D eigenvalue weighted by molar-refractivity contribution is 7.90. The predicted octanol–water partition coefficient (Wildman–Crippen LogP) is 2.82. The number of sulfone groups is 1. The molecular weight excluding hydrogens is 445 g/mol. The molecule has 0 spiro atoms. The maximum atomic E-state index is 14.0. The second-order valence-corrected chi connectivity index (χ2v) is 10.4. The molecule has 1 aromatic rings. The van der Waals surface area contributed by atoms with E-state index in [0.717, 1.165) is 12.7 Å². The summed E-state index contributed by atoms with van der Waals surface area (Å²) >= 11 is 6.05. The molecule has 2 aliphatic rings. The Labute approximate surface area is 178 Å². The Hall–Kier alpha value is -1.46. The number of hydrogen-bond donors (Lipinski definition) is 1. The number of aromatic nitrogens is 2. The van der Waals surface area contributed by atoms with E-state index in [2.05, 4.69) is 9.97 Å². The number of amides is 1. The number of piperidine rings is 1. The number of carbonyl (C=O) groups is 1. The lowest BCUT2D eigenvalue weighted by Gasteiger charge is -2.52. The first-order chi connectivity index (χ1) is 13.8. The van der Waals surface area contributed by atoms with Gasteiger partial charge in [0.05, 0.1) is 17.2 Å². The van der Waals surface area contributed by atoms with Gasteiger partial charge < -0.3 is 5.73 Å². The topological polar surface area (TPSA) is 106 Å². The molecule has 0 bridgehead atoms. The normalized spacial score (nSPS) is 25.8. The van der Waals surface area contributed by atoms with Crippen molar-refractivity contribution in [3.05, 3.63) is 16.9 Å². The second kappa shape index (κ2) is 8.23. The predicted molar refractivity (Wildman–Crippen MR) is 103 cm³/mol. The first-order valence-electron chi connectivity index (χ1n) is 9.72. The smallest absolute Gasteiger partial charge is 0.369 e. The zero-order valence-corrected chi connectivity index (χ0v) is 18.0. The van der Waals surface area contributed by atoms with Crippen molar-refractivity contribution in [2.24, 2.45) is 11.7 Å². The van der Waals surface area contributed by atoms with Gasteiger partial charge in [0.15, 0.2) is 0 Å². The quantitative estimate of drug-likeness (QED) is 0.538. The van der Waals surface area contributed by atoms with Crippen molar-refractivity contribution in [1.29, 1.82) is 0 Å². The Kier molecular flexibility index (Phi) is 6.37. The van der Waals surface area contributed by atoms with Crippen LogP contribution in [0.25, 0.3) is 0 Å². The van der Waals surface area contributed by atoms with E-state index in [0.29, 0.717) is 25.7 Å². The molecule has 0 radical (unpaired) electrons. The number of halogens is 4. The third kappa shape index (κ3) is 4.57. The molecule has 1 aromatic heterocycles. The van der Waals surface area contributed by atoms with Crippen LogP contribution in [0.5, 0.6) is 0 Å². The van der Waals surface area contributed by atoms with Gasteiger partial charge in [-0.1, -0.05) is 30.9 Å². The van der Waals surface area contributed by atoms with Crippen LogP contribution in [0.4, 0.5) is 13.2 Å². The molecular formula is C18H24ClF3N4O3S. The monoisotopic (exact) mass is 468 g/mol. The van der Waals surface area contributed by atoms with E-state index in [-0.39, 0.29) is 30.2 Å². The highest BCUT2D eigenvalue weighted by Gasteiger charge is 2.55. The van der Waals surface area contributed by atoms with E-state index in [9.17, 15) is 26.4 Å². The molecule has 7 nitrogen and oxygen atoms in total. The van der Waals surface area contributed by atoms with E-state index < -0.39 is 44.6 Å². The van der Waals surface area contributed by atoms with Gasteiger partial charge in [-0.25, -0.2) is 18.4 Å². The molecule has 2 N–H and O–H groups in total. The summed E-state index contributed by atoms with van der Waals surface area (Å²) in [5.41, 5.74) is 4.36. The van der Waals surface area contributed by atoms with Crippen molar-refractivity contribution in [1.82, 2.24) is 14.9 Å². The van der Waals surface area contributed by atoms with Crippen LogP contribution < -0.4 is 5.73 Å². The Bertz CT molecular complexity index is 920. The SMILES string of the molecule is CS(=O)(=O)c1nc(Cl)cc(C2(N3CC(C(N)=O)CCC3C(F)(F)F)CCCCC2)n1. The molecule has 2 fully saturated rings. The lowest BCUT2D eigenvalue weighted by Crippen LogP contribution is -2.62. The minimum Gasteiger partial charge on any atom is -0.369 e.